The van der Waals surface area contributed by atoms with Gasteiger partial charge in [-0.15, -0.1) is 0 Å². The summed E-state index contributed by atoms with van der Waals surface area (Å²) in [7, 11) is 0. The Morgan fingerprint density at radius 3 is 2.65 bits per heavy atom. The van der Waals surface area contributed by atoms with Gasteiger partial charge in [-0.1, -0.05) is 18.2 Å². The van der Waals surface area contributed by atoms with Crippen molar-refractivity contribution in [3.8, 4) is 5.75 Å². The number of thioether (sulfide) groups is 1. The minimum absolute atomic E-state index is 0.150. The van der Waals surface area contributed by atoms with Crippen LogP contribution < -0.4 is 5.32 Å². The number of hydrogen-bond donors (Lipinski definition) is 3. The van der Waals surface area contributed by atoms with Crippen molar-refractivity contribution >= 4 is 23.6 Å². The number of aromatic hydroxyl groups is 1. The number of rotatable bonds is 8. The molecule has 0 aliphatic heterocycles. The van der Waals surface area contributed by atoms with Gasteiger partial charge in [0.15, 0.2) is 0 Å². The largest absolute Gasteiger partial charge is 0.508 e. The molecule has 0 bridgehead atoms. The SMILES string of the molecule is CSCC[C@@H](NC(=O)CCc1ccccc1O)C(=O)O. The van der Waals surface area contributed by atoms with E-state index in [1.807, 2.05) is 6.26 Å². The predicted molar refractivity (Wildman–Crippen MR) is 79.0 cm³/mol. The van der Waals surface area contributed by atoms with E-state index in [4.69, 9.17) is 5.11 Å². The van der Waals surface area contributed by atoms with E-state index in [0.717, 1.165) is 0 Å². The van der Waals surface area contributed by atoms with E-state index in [1.54, 1.807) is 24.3 Å². The Balaban J connectivity index is 2.46. The average molecular weight is 297 g/mol. The quantitative estimate of drug-likeness (QED) is 0.679. The second-order valence-corrected chi connectivity index (χ2v) is 5.35. The van der Waals surface area contributed by atoms with Gasteiger partial charge in [0.1, 0.15) is 11.8 Å². The Morgan fingerprint density at radius 2 is 2.05 bits per heavy atom. The first-order chi connectivity index (χ1) is 9.54. The molecule has 1 amide bonds. The molecule has 1 atom stereocenters. The molecule has 0 aliphatic carbocycles. The number of hydrogen-bond acceptors (Lipinski definition) is 4. The molecule has 0 heterocycles. The van der Waals surface area contributed by atoms with E-state index in [2.05, 4.69) is 5.32 Å². The van der Waals surface area contributed by atoms with Crippen molar-refractivity contribution in [1.29, 1.82) is 0 Å². The van der Waals surface area contributed by atoms with Crippen molar-refractivity contribution in [2.45, 2.75) is 25.3 Å². The van der Waals surface area contributed by atoms with Crippen molar-refractivity contribution in [3.05, 3.63) is 29.8 Å². The van der Waals surface area contributed by atoms with Crippen LogP contribution in [-0.2, 0) is 16.0 Å². The van der Waals surface area contributed by atoms with E-state index < -0.39 is 12.0 Å². The summed E-state index contributed by atoms with van der Waals surface area (Å²) >= 11 is 1.54. The van der Waals surface area contributed by atoms with Crippen LogP contribution in [0.2, 0.25) is 0 Å². The van der Waals surface area contributed by atoms with Gasteiger partial charge < -0.3 is 15.5 Å². The van der Waals surface area contributed by atoms with E-state index in [1.165, 1.54) is 11.8 Å². The van der Waals surface area contributed by atoms with Gasteiger partial charge in [-0.3, -0.25) is 4.79 Å². The number of carboxylic acids is 1. The fourth-order valence-corrected chi connectivity index (χ4v) is 2.20. The number of carbonyl (C=O) groups excluding carboxylic acids is 1. The van der Waals surface area contributed by atoms with Crippen LogP contribution in [0.1, 0.15) is 18.4 Å². The Bertz CT molecular complexity index is 464. The van der Waals surface area contributed by atoms with E-state index >= 15 is 0 Å². The molecule has 0 radical (unpaired) electrons. The number of aryl methyl sites for hydroxylation is 1. The maximum atomic E-state index is 11.7. The Morgan fingerprint density at radius 1 is 1.35 bits per heavy atom. The summed E-state index contributed by atoms with van der Waals surface area (Å²) in [6.07, 6.45) is 2.83. The van der Waals surface area contributed by atoms with Crippen LogP contribution in [-0.4, -0.2) is 40.1 Å². The number of carbonyl (C=O) groups is 2. The standard InChI is InChI=1S/C14H19NO4S/c1-20-9-8-11(14(18)19)15-13(17)7-6-10-4-2-3-5-12(10)16/h2-5,11,16H,6-9H2,1H3,(H,15,17)(H,18,19)/t11-/m1/s1. The molecule has 3 N–H and O–H groups in total. The highest BCUT2D eigenvalue weighted by Gasteiger charge is 2.19. The van der Waals surface area contributed by atoms with Gasteiger partial charge in [0.25, 0.3) is 0 Å². The van der Waals surface area contributed by atoms with Crippen LogP contribution in [0, 0.1) is 0 Å². The van der Waals surface area contributed by atoms with Gasteiger partial charge in [-0.25, -0.2) is 4.79 Å². The zero-order valence-electron chi connectivity index (χ0n) is 11.3. The lowest BCUT2D eigenvalue weighted by atomic mass is 10.1. The molecule has 6 heteroatoms. The third-order valence-corrected chi connectivity index (χ3v) is 3.50. The molecule has 0 saturated carbocycles. The van der Waals surface area contributed by atoms with Crippen molar-refractivity contribution in [2.24, 2.45) is 0 Å². The molecular formula is C14H19NO4S. The number of carboxylic acid groups (broad SMARTS) is 1. The molecule has 0 fully saturated rings. The van der Waals surface area contributed by atoms with Crippen molar-refractivity contribution in [3.63, 3.8) is 0 Å². The topological polar surface area (TPSA) is 86.6 Å². The molecule has 0 unspecified atom stereocenters. The number of phenols is 1. The Hall–Kier alpha value is -1.69. The van der Waals surface area contributed by atoms with Gasteiger partial charge in [0.05, 0.1) is 0 Å². The van der Waals surface area contributed by atoms with Gasteiger partial charge in [-0.05, 0) is 36.5 Å². The first-order valence-corrected chi connectivity index (χ1v) is 7.72. The van der Waals surface area contributed by atoms with Crippen LogP contribution in [0.4, 0.5) is 0 Å². The fourth-order valence-electron chi connectivity index (χ4n) is 1.73. The van der Waals surface area contributed by atoms with Crippen LogP contribution in [0.25, 0.3) is 0 Å². The number of nitrogens with one attached hydrogen (secondary N) is 1. The summed E-state index contributed by atoms with van der Waals surface area (Å²) in [4.78, 5) is 22.7. The first kappa shape index (κ1) is 16.4. The van der Waals surface area contributed by atoms with E-state index in [0.29, 0.717) is 24.2 Å². The highest BCUT2D eigenvalue weighted by molar-refractivity contribution is 7.98. The second kappa shape index (κ2) is 8.47. The minimum atomic E-state index is -1.02. The molecule has 1 aromatic carbocycles. The molecule has 1 rings (SSSR count). The van der Waals surface area contributed by atoms with Gasteiger partial charge in [0.2, 0.25) is 5.91 Å². The van der Waals surface area contributed by atoms with Crippen molar-refractivity contribution in [1.82, 2.24) is 5.32 Å². The zero-order chi connectivity index (χ0) is 15.0. The predicted octanol–water partition coefficient (Wildman–Crippen LogP) is 1.65. The normalized spacial score (nSPS) is 11.8. The Labute approximate surface area is 122 Å². The average Bonchev–Trinajstić information content (AvgIpc) is 2.42. The zero-order valence-corrected chi connectivity index (χ0v) is 12.2. The lowest BCUT2D eigenvalue weighted by molar-refractivity contribution is -0.141. The highest BCUT2D eigenvalue weighted by atomic mass is 32.2. The summed E-state index contributed by atoms with van der Waals surface area (Å²) in [5, 5.41) is 21.1. The molecular weight excluding hydrogens is 278 g/mol. The summed E-state index contributed by atoms with van der Waals surface area (Å²) in [5.74, 6) is -0.509. The number of amides is 1. The third-order valence-electron chi connectivity index (χ3n) is 2.86. The molecule has 1 aromatic rings. The van der Waals surface area contributed by atoms with E-state index in [9.17, 15) is 14.7 Å². The second-order valence-electron chi connectivity index (χ2n) is 4.37. The van der Waals surface area contributed by atoms with Gasteiger partial charge >= 0.3 is 5.97 Å². The molecule has 0 aliphatic rings. The number of aliphatic carboxylic acids is 1. The molecule has 110 valence electrons. The van der Waals surface area contributed by atoms with Gasteiger partial charge in [-0.2, -0.15) is 11.8 Å². The molecule has 5 nitrogen and oxygen atoms in total. The maximum absolute atomic E-state index is 11.7. The summed E-state index contributed by atoms with van der Waals surface area (Å²) in [6, 6.07) is 5.95. The van der Waals surface area contributed by atoms with Crippen LogP contribution >= 0.6 is 11.8 Å². The lowest BCUT2D eigenvalue weighted by Gasteiger charge is -2.14. The van der Waals surface area contributed by atoms with Crippen LogP contribution in [0.15, 0.2) is 24.3 Å². The molecule has 0 saturated heterocycles. The number of para-hydroxylation sites is 1. The monoisotopic (exact) mass is 297 g/mol. The minimum Gasteiger partial charge on any atom is -0.508 e. The molecule has 0 spiro atoms. The van der Waals surface area contributed by atoms with Crippen molar-refractivity contribution < 1.29 is 19.8 Å². The fraction of sp³-hybridized carbons (Fsp3) is 0.429. The van der Waals surface area contributed by atoms with Crippen LogP contribution in [0.5, 0.6) is 5.75 Å². The van der Waals surface area contributed by atoms with Crippen molar-refractivity contribution in [2.75, 3.05) is 12.0 Å². The highest BCUT2D eigenvalue weighted by Crippen LogP contribution is 2.17. The smallest absolute Gasteiger partial charge is 0.326 e. The molecule has 0 aromatic heterocycles. The summed E-state index contributed by atoms with van der Waals surface area (Å²) < 4.78 is 0. The summed E-state index contributed by atoms with van der Waals surface area (Å²) in [5.41, 5.74) is 0.679. The molecule has 20 heavy (non-hydrogen) atoms. The van der Waals surface area contributed by atoms with Gasteiger partial charge in [0, 0.05) is 6.42 Å². The lowest BCUT2D eigenvalue weighted by Crippen LogP contribution is -2.41. The number of benzene rings is 1. The summed E-state index contributed by atoms with van der Waals surface area (Å²) in [6.45, 7) is 0. The third kappa shape index (κ3) is 5.52. The number of phenolic OH excluding ortho intramolecular Hbond substituents is 1. The maximum Gasteiger partial charge on any atom is 0.326 e. The Kier molecular flexibility index (Phi) is 6.93. The van der Waals surface area contributed by atoms with Crippen LogP contribution in [0.3, 0.4) is 0 Å². The van der Waals surface area contributed by atoms with E-state index in [-0.39, 0.29) is 18.1 Å². The first-order valence-electron chi connectivity index (χ1n) is 6.32.